The molecule has 1 atom stereocenters. The second kappa shape index (κ2) is 6.21. The maximum absolute atomic E-state index is 11.8. The highest BCUT2D eigenvalue weighted by molar-refractivity contribution is 5.68. The first-order valence-electron chi connectivity index (χ1n) is 6.01. The highest BCUT2D eigenvalue weighted by atomic mass is 16.7. The SMILES string of the molecule is COCOC1CCCN(C(=O)OC(C)(C)C)C1. The summed E-state index contributed by atoms with van der Waals surface area (Å²) in [5, 5.41) is 0. The van der Waals surface area contributed by atoms with E-state index in [4.69, 9.17) is 14.2 Å². The first kappa shape index (κ1) is 14.3. The number of likely N-dealkylation sites (tertiary alicyclic amines) is 1. The van der Waals surface area contributed by atoms with Crippen molar-refractivity contribution in [2.24, 2.45) is 0 Å². The van der Waals surface area contributed by atoms with Crippen LogP contribution in [0.2, 0.25) is 0 Å². The number of amides is 1. The number of rotatable bonds is 3. The number of piperidine rings is 1. The van der Waals surface area contributed by atoms with E-state index in [1.54, 1.807) is 12.0 Å². The Morgan fingerprint density at radius 1 is 1.41 bits per heavy atom. The highest BCUT2D eigenvalue weighted by Crippen LogP contribution is 2.17. The molecule has 0 aromatic rings. The predicted molar refractivity (Wildman–Crippen MR) is 63.8 cm³/mol. The summed E-state index contributed by atoms with van der Waals surface area (Å²) in [5.41, 5.74) is -0.447. The Bertz CT molecular complexity index is 249. The molecule has 1 saturated heterocycles. The molecule has 0 spiro atoms. The quantitative estimate of drug-likeness (QED) is 0.714. The molecular weight excluding hydrogens is 222 g/mol. The summed E-state index contributed by atoms with van der Waals surface area (Å²) in [6.07, 6.45) is 1.69. The van der Waals surface area contributed by atoms with Crippen molar-refractivity contribution < 1.29 is 19.0 Å². The maximum atomic E-state index is 11.8. The molecule has 0 bridgehead atoms. The molecule has 1 aliphatic rings. The number of carbonyl (C=O) groups is 1. The zero-order valence-electron chi connectivity index (χ0n) is 11.2. The van der Waals surface area contributed by atoms with E-state index >= 15 is 0 Å². The standard InChI is InChI=1S/C12H23NO4/c1-12(2,3)17-11(14)13-7-5-6-10(8-13)16-9-15-4/h10H,5-9H2,1-4H3. The van der Waals surface area contributed by atoms with E-state index in [2.05, 4.69) is 0 Å². The Kier molecular flexibility index (Phi) is 5.21. The van der Waals surface area contributed by atoms with Gasteiger partial charge in [-0.3, -0.25) is 0 Å². The van der Waals surface area contributed by atoms with Gasteiger partial charge in [-0.25, -0.2) is 4.79 Å². The van der Waals surface area contributed by atoms with Crippen molar-refractivity contribution in [1.29, 1.82) is 0 Å². The largest absolute Gasteiger partial charge is 0.444 e. The Labute approximate surface area is 103 Å². The van der Waals surface area contributed by atoms with Crippen LogP contribution in [0.25, 0.3) is 0 Å². The van der Waals surface area contributed by atoms with Crippen LogP contribution < -0.4 is 0 Å². The zero-order valence-corrected chi connectivity index (χ0v) is 11.2. The number of hydrogen-bond acceptors (Lipinski definition) is 4. The molecule has 1 heterocycles. The van der Waals surface area contributed by atoms with Gasteiger partial charge in [-0.1, -0.05) is 0 Å². The van der Waals surface area contributed by atoms with Crippen LogP contribution >= 0.6 is 0 Å². The van der Waals surface area contributed by atoms with Gasteiger partial charge < -0.3 is 19.1 Å². The number of methoxy groups -OCH3 is 1. The van der Waals surface area contributed by atoms with Crippen molar-refractivity contribution in [2.45, 2.75) is 45.3 Å². The van der Waals surface area contributed by atoms with Gasteiger partial charge in [-0.15, -0.1) is 0 Å². The minimum absolute atomic E-state index is 0.0521. The van der Waals surface area contributed by atoms with Crippen LogP contribution in [0.4, 0.5) is 4.79 Å². The molecule has 1 rings (SSSR count). The topological polar surface area (TPSA) is 48.0 Å². The fraction of sp³-hybridized carbons (Fsp3) is 0.917. The van der Waals surface area contributed by atoms with Gasteiger partial charge in [0, 0.05) is 13.7 Å². The van der Waals surface area contributed by atoms with E-state index in [0.717, 1.165) is 19.4 Å². The number of ether oxygens (including phenoxy) is 3. The van der Waals surface area contributed by atoms with Crippen molar-refractivity contribution in [2.75, 3.05) is 27.0 Å². The lowest BCUT2D eigenvalue weighted by molar-refractivity contribution is -0.0923. The molecule has 0 aliphatic carbocycles. The molecule has 0 radical (unpaired) electrons. The molecular formula is C12H23NO4. The summed E-state index contributed by atoms with van der Waals surface area (Å²) in [4.78, 5) is 13.6. The molecule has 0 aromatic heterocycles. The molecule has 17 heavy (non-hydrogen) atoms. The van der Waals surface area contributed by atoms with E-state index in [-0.39, 0.29) is 19.0 Å². The van der Waals surface area contributed by atoms with Gasteiger partial charge in [0.15, 0.2) is 0 Å². The fourth-order valence-electron chi connectivity index (χ4n) is 1.73. The minimum Gasteiger partial charge on any atom is -0.444 e. The van der Waals surface area contributed by atoms with Gasteiger partial charge >= 0.3 is 6.09 Å². The van der Waals surface area contributed by atoms with Gasteiger partial charge in [0.25, 0.3) is 0 Å². The Hall–Kier alpha value is -0.810. The van der Waals surface area contributed by atoms with Gasteiger partial charge in [0.1, 0.15) is 12.4 Å². The van der Waals surface area contributed by atoms with Gasteiger partial charge in [0.05, 0.1) is 12.6 Å². The molecule has 1 aliphatic heterocycles. The van der Waals surface area contributed by atoms with Crippen molar-refractivity contribution in [1.82, 2.24) is 4.90 Å². The van der Waals surface area contributed by atoms with Crippen LogP contribution in [0.5, 0.6) is 0 Å². The third kappa shape index (κ3) is 5.37. The van der Waals surface area contributed by atoms with Crippen molar-refractivity contribution >= 4 is 6.09 Å². The molecule has 5 nitrogen and oxygen atoms in total. The van der Waals surface area contributed by atoms with Gasteiger partial charge in [0.2, 0.25) is 0 Å². The van der Waals surface area contributed by atoms with Gasteiger partial charge in [-0.2, -0.15) is 0 Å². The molecule has 0 saturated carbocycles. The molecule has 100 valence electrons. The van der Waals surface area contributed by atoms with Crippen LogP contribution in [0.3, 0.4) is 0 Å². The smallest absolute Gasteiger partial charge is 0.410 e. The Morgan fingerprint density at radius 3 is 2.71 bits per heavy atom. The van der Waals surface area contributed by atoms with E-state index in [9.17, 15) is 4.79 Å². The molecule has 0 N–H and O–H groups in total. The molecule has 1 unspecified atom stereocenters. The predicted octanol–water partition coefficient (Wildman–Crippen LogP) is 2.01. The van der Waals surface area contributed by atoms with Crippen LogP contribution in [0, 0.1) is 0 Å². The highest BCUT2D eigenvalue weighted by Gasteiger charge is 2.27. The van der Waals surface area contributed by atoms with E-state index in [0.29, 0.717) is 6.54 Å². The lowest BCUT2D eigenvalue weighted by Crippen LogP contribution is -2.45. The summed E-state index contributed by atoms with van der Waals surface area (Å²) >= 11 is 0. The average Bonchev–Trinajstić information content (AvgIpc) is 2.24. The second-order valence-electron chi connectivity index (χ2n) is 5.26. The summed E-state index contributed by atoms with van der Waals surface area (Å²) in [6.45, 7) is 7.20. The van der Waals surface area contributed by atoms with Crippen molar-refractivity contribution in [3.8, 4) is 0 Å². The van der Waals surface area contributed by atoms with E-state index in [1.165, 1.54) is 0 Å². The number of carbonyl (C=O) groups excluding carboxylic acids is 1. The van der Waals surface area contributed by atoms with E-state index in [1.807, 2.05) is 20.8 Å². The Morgan fingerprint density at radius 2 is 2.12 bits per heavy atom. The summed E-state index contributed by atoms with van der Waals surface area (Å²) in [5.74, 6) is 0. The lowest BCUT2D eigenvalue weighted by Gasteiger charge is -2.33. The van der Waals surface area contributed by atoms with Crippen molar-refractivity contribution in [3.05, 3.63) is 0 Å². The maximum Gasteiger partial charge on any atom is 0.410 e. The summed E-state index contributed by atoms with van der Waals surface area (Å²) < 4.78 is 15.7. The van der Waals surface area contributed by atoms with Crippen molar-refractivity contribution in [3.63, 3.8) is 0 Å². The average molecular weight is 245 g/mol. The first-order chi connectivity index (χ1) is 7.92. The van der Waals surface area contributed by atoms with E-state index < -0.39 is 5.60 Å². The monoisotopic (exact) mass is 245 g/mol. The Balaban J connectivity index is 2.40. The molecule has 5 heteroatoms. The summed E-state index contributed by atoms with van der Waals surface area (Å²) in [7, 11) is 1.59. The van der Waals surface area contributed by atoms with Crippen LogP contribution in [-0.4, -0.2) is 49.7 Å². The number of nitrogens with zero attached hydrogens (tertiary/aromatic N) is 1. The minimum atomic E-state index is -0.447. The third-order valence-corrected chi connectivity index (χ3v) is 2.45. The normalized spacial score (nSPS) is 21.4. The van der Waals surface area contributed by atoms with Crippen LogP contribution in [0.1, 0.15) is 33.6 Å². The zero-order chi connectivity index (χ0) is 12.9. The van der Waals surface area contributed by atoms with Gasteiger partial charge in [-0.05, 0) is 33.6 Å². The molecule has 0 aromatic carbocycles. The summed E-state index contributed by atoms with van der Waals surface area (Å²) in [6, 6.07) is 0. The first-order valence-corrected chi connectivity index (χ1v) is 6.01. The fourth-order valence-corrected chi connectivity index (χ4v) is 1.73. The van der Waals surface area contributed by atoms with Crippen LogP contribution in [0.15, 0.2) is 0 Å². The lowest BCUT2D eigenvalue weighted by atomic mass is 10.1. The third-order valence-electron chi connectivity index (χ3n) is 2.45. The molecule has 1 fully saturated rings. The second-order valence-corrected chi connectivity index (χ2v) is 5.26. The van der Waals surface area contributed by atoms with Crippen LogP contribution in [-0.2, 0) is 14.2 Å². The molecule has 1 amide bonds. The number of hydrogen-bond donors (Lipinski definition) is 0.